The van der Waals surface area contributed by atoms with E-state index >= 15 is 0 Å². The topological polar surface area (TPSA) is 96.4 Å². The van der Waals surface area contributed by atoms with Crippen LogP contribution in [0.3, 0.4) is 0 Å². The van der Waals surface area contributed by atoms with Crippen LogP contribution in [0.2, 0.25) is 0 Å². The van der Waals surface area contributed by atoms with E-state index in [1.807, 2.05) is 6.07 Å². The lowest BCUT2D eigenvalue weighted by atomic mass is 10.2. The van der Waals surface area contributed by atoms with Gasteiger partial charge < -0.3 is 10.5 Å². The molecule has 2 rings (SSSR count). The minimum absolute atomic E-state index is 0. The number of nitrogens with two attached hydrogens (primary N) is 1. The number of morpholine rings is 1. The quantitative estimate of drug-likeness (QED) is 0.866. The number of nitrogens with zero attached hydrogens (tertiary/aromatic N) is 2. The molecule has 1 fully saturated rings. The highest BCUT2D eigenvalue weighted by molar-refractivity contribution is 7.89. The maximum absolute atomic E-state index is 12.4. The second kappa shape index (κ2) is 7.02. The van der Waals surface area contributed by atoms with Crippen molar-refractivity contribution in [3.05, 3.63) is 29.8 Å². The summed E-state index contributed by atoms with van der Waals surface area (Å²) in [6.07, 6.45) is -0.262. The Bertz CT molecular complexity index is 583. The van der Waals surface area contributed by atoms with E-state index in [-0.39, 0.29) is 30.0 Å². The Kier molecular flexibility index (Phi) is 5.92. The van der Waals surface area contributed by atoms with Crippen molar-refractivity contribution in [3.63, 3.8) is 0 Å². The SMILES string of the molecule is Cl.N#Cc1ccc(S(=O)(=O)N2CCOC(CN)C2)cc1. The highest BCUT2D eigenvalue weighted by Crippen LogP contribution is 2.19. The minimum atomic E-state index is -3.54. The molecule has 0 saturated carbocycles. The highest BCUT2D eigenvalue weighted by Gasteiger charge is 2.30. The van der Waals surface area contributed by atoms with Gasteiger partial charge in [0, 0.05) is 19.6 Å². The largest absolute Gasteiger partial charge is 0.374 e. The summed E-state index contributed by atoms with van der Waals surface area (Å²) in [5, 5.41) is 8.71. The average molecular weight is 318 g/mol. The van der Waals surface area contributed by atoms with Crippen LogP contribution < -0.4 is 5.73 Å². The van der Waals surface area contributed by atoms with Crippen LogP contribution in [-0.2, 0) is 14.8 Å². The first-order valence-electron chi connectivity index (χ1n) is 5.90. The molecule has 8 heteroatoms. The molecule has 1 aromatic rings. The van der Waals surface area contributed by atoms with Gasteiger partial charge in [0.25, 0.3) is 0 Å². The van der Waals surface area contributed by atoms with Crippen molar-refractivity contribution in [2.24, 2.45) is 5.73 Å². The van der Waals surface area contributed by atoms with Crippen LogP contribution in [0.4, 0.5) is 0 Å². The lowest BCUT2D eigenvalue weighted by Crippen LogP contribution is -2.48. The molecular weight excluding hydrogens is 302 g/mol. The first kappa shape index (κ1) is 16.9. The van der Waals surface area contributed by atoms with E-state index in [1.165, 1.54) is 28.6 Å². The third-order valence-corrected chi connectivity index (χ3v) is 4.86. The summed E-state index contributed by atoms with van der Waals surface area (Å²) in [7, 11) is -3.54. The smallest absolute Gasteiger partial charge is 0.243 e. The summed E-state index contributed by atoms with van der Waals surface area (Å²) >= 11 is 0. The van der Waals surface area contributed by atoms with Gasteiger partial charge in [0.1, 0.15) is 0 Å². The fraction of sp³-hybridized carbons (Fsp3) is 0.417. The lowest BCUT2D eigenvalue weighted by Gasteiger charge is -2.31. The van der Waals surface area contributed by atoms with E-state index in [0.29, 0.717) is 25.3 Å². The summed E-state index contributed by atoms with van der Waals surface area (Å²) in [4.78, 5) is 0.184. The first-order valence-corrected chi connectivity index (χ1v) is 7.34. The number of halogens is 1. The normalized spacial score (nSPS) is 19.9. The molecule has 0 radical (unpaired) electrons. The predicted molar refractivity (Wildman–Crippen MR) is 76.0 cm³/mol. The fourth-order valence-corrected chi connectivity index (χ4v) is 3.36. The van der Waals surface area contributed by atoms with Crippen LogP contribution in [0.25, 0.3) is 0 Å². The molecule has 2 N–H and O–H groups in total. The van der Waals surface area contributed by atoms with Crippen LogP contribution in [0.1, 0.15) is 5.56 Å². The number of nitriles is 1. The van der Waals surface area contributed by atoms with Gasteiger partial charge in [-0.3, -0.25) is 0 Å². The van der Waals surface area contributed by atoms with Crippen molar-refractivity contribution < 1.29 is 13.2 Å². The van der Waals surface area contributed by atoms with Crippen molar-refractivity contribution in [2.75, 3.05) is 26.2 Å². The molecule has 110 valence electrons. The molecule has 0 amide bonds. The van der Waals surface area contributed by atoms with Crippen molar-refractivity contribution in [1.82, 2.24) is 4.31 Å². The summed E-state index contributed by atoms with van der Waals surface area (Å²) in [6.45, 7) is 1.22. The van der Waals surface area contributed by atoms with Crippen LogP contribution in [0.15, 0.2) is 29.2 Å². The van der Waals surface area contributed by atoms with Crippen molar-refractivity contribution >= 4 is 22.4 Å². The summed E-state index contributed by atoms with van der Waals surface area (Å²) < 4.78 is 31.5. The Balaban J connectivity index is 0.00000200. The third kappa shape index (κ3) is 3.48. The zero-order valence-corrected chi connectivity index (χ0v) is 12.4. The van der Waals surface area contributed by atoms with Gasteiger partial charge >= 0.3 is 0 Å². The summed E-state index contributed by atoms with van der Waals surface area (Å²) in [5.74, 6) is 0. The number of hydrogen-bond acceptors (Lipinski definition) is 5. The number of benzene rings is 1. The van der Waals surface area contributed by atoms with Gasteiger partial charge in [-0.25, -0.2) is 8.42 Å². The Labute approximate surface area is 124 Å². The standard InChI is InChI=1S/C12H15N3O3S.ClH/c13-7-10-1-3-12(4-2-10)19(16,17)15-5-6-18-11(8-14)9-15;/h1-4,11H,5-6,8-9,14H2;1H. The summed E-state index contributed by atoms with van der Waals surface area (Å²) in [5.41, 5.74) is 5.93. The summed E-state index contributed by atoms with van der Waals surface area (Å²) in [6, 6.07) is 7.83. The van der Waals surface area contributed by atoms with Crippen LogP contribution >= 0.6 is 12.4 Å². The predicted octanol–water partition coefficient (Wildman–Crippen LogP) is 0.328. The number of ether oxygens (including phenoxy) is 1. The van der Waals surface area contributed by atoms with E-state index in [0.717, 1.165) is 0 Å². The molecule has 0 aliphatic carbocycles. The van der Waals surface area contributed by atoms with Crippen LogP contribution in [0, 0.1) is 11.3 Å². The van der Waals surface area contributed by atoms with E-state index in [9.17, 15) is 8.42 Å². The average Bonchev–Trinajstić information content (AvgIpc) is 2.47. The lowest BCUT2D eigenvalue weighted by molar-refractivity contribution is 0.00450. The number of sulfonamides is 1. The second-order valence-corrected chi connectivity index (χ2v) is 6.17. The molecule has 1 aliphatic rings. The Morgan fingerprint density at radius 1 is 1.40 bits per heavy atom. The first-order chi connectivity index (χ1) is 9.07. The van der Waals surface area contributed by atoms with E-state index in [1.54, 1.807) is 0 Å². The Morgan fingerprint density at radius 3 is 2.60 bits per heavy atom. The second-order valence-electron chi connectivity index (χ2n) is 4.23. The Morgan fingerprint density at radius 2 is 2.05 bits per heavy atom. The molecule has 0 spiro atoms. The molecule has 1 unspecified atom stereocenters. The van der Waals surface area contributed by atoms with Crippen molar-refractivity contribution in [3.8, 4) is 6.07 Å². The van der Waals surface area contributed by atoms with Gasteiger partial charge in [-0.2, -0.15) is 9.57 Å². The Hall–Kier alpha value is -1.17. The van der Waals surface area contributed by atoms with Gasteiger partial charge in [-0.1, -0.05) is 0 Å². The van der Waals surface area contributed by atoms with Gasteiger partial charge in [-0.15, -0.1) is 12.4 Å². The molecule has 0 aromatic heterocycles. The maximum Gasteiger partial charge on any atom is 0.243 e. The van der Waals surface area contributed by atoms with Crippen LogP contribution in [-0.4, -0.2) is 45.1 Å². The fourth-order valence-electron chi connectivity index (χ4n) is 1.90. The number of rotatable bonds is 3. The molecular formula is C12H16ClN3O3S. The van der Waals surface area contributed by atoms with Crippen molar-refractivity contribution in [1.29, 1.82) is 5.26 Å². The van der Waals surface area contributed by atoms with Gasteiger partial charge in [0.05, 0.1) is 29.2 Å². The van der Waals surface area contributed by atoms with E-state index in [2.05, 4.69) is 0 Å². The molecule has 20 heavy (non-hydrogen) atoms. The monoisotopic (exact) mass is 317 g/mol. The van der Waals surface area contributed by atoms with Gasteiger partial charge in [0.15, 0.2) is 0 Å². The van der Waals surface area contributed by atoms with E-state index < -0.39 is 10.0 Å². The molecule has 1 saturated heterocycles. The van der Waals surface area contributed by atoms with E-state index in [4.69, 9.17) is 15.7 Å². The molecule has 1 aromatic carbocycles. The minimum Gasteiger partial charge on any atom is -0.374 e. The highest BCUT2D eigenvalue weighted by atomic mass is 35.5. The molecule has 1 heterocycles. The van der Waals surface area contributed by atoms with Crippen molar-refractivity contribution in [2.45, 2.75) is 11.0 Å². The maximum atomic E-state index is 12.4. The molecule has 6 nitrogen and oxygen atoms in total. The number of hydrogen-bond donors (Lipinski definition) is 1. The van der Waals surface area contributed by atoms with Crippen LogP contribution in [0.5, 0.6) is 0 Å². The molecule has 1 atom stereocenters. The molecule has 0 bridgehead atoms. The zero-order chi connectivity index (χ0) is 13.9. The van der Waals surface area contributed by atoms with Gasteiger partial charge in [-0.05, 0) is 24.3 Å². The zero-order valence-electron chi connectivity index (χ0n) is 10.7. The third-order valence-electron chi connectivity index (χ3n) is 2.99. The molecule has 1 aliphatic heterocycles. The van der Waals surface area contributed by atoms with Gasteiger partial charge in [0.2, 0.25) is 10.0 Å².